The lowest BCUT2D eigenvalue weighted by Gasteiger charge is -2.29. The number of rotatable bonds is 8. The Morgan fingerprint density at radius 1 is 1.07 bits per heavy atom. The minimum absolute atomic E-state index is 0.206. The fourth-order valence-corrected chi connectivity index (χ4v) is 3.61. The van der Waals surface area contributed by atoms with Crippen LogP contribution >= 0.6 is 11.8 Å². The van der Waals surface area contributed by atoms with E-state index >= 15 is 0 Å². The van der Waals surface area contributed by atoms with Gasteiger partial charge in [0.2, 0.25) is 5.91 Å². The average molecular weight is 414 g/mol. The Bertz CT molecular complexity index is 793. The summed E-state index contributed by atoms with van der Waals surface area (Å²) in [5.41, 5.74) is 2.38. The van der Waals surface area contributed by atoms with Crippen LogP contribution in [0.25, 0.3) is 0 Å². The molecule has 0 aliphatic carbocycles. The predicted octanol–water partition coefficient (Wildman–Crippen LogP) is 3.01. The maximum Gasteiger partial charge on any atom is 0.251 e. The van der Waals surface area contributed by atoms with Gasteiger partial charge in [0, 0.05) is 30.0 Å². The maximum absolute atomic E-state index is 12.8. The summed E-state index contributed by atoms with van der Waals surface area (Å²) in [7, 11) is 0. The van der Waals surface area contributed by atoms with Crippen LogP contribution in [0.4, 0.5) is 11.4 Å². The van der Waals surface area contributed by atoms with Crippen LogP contribution in [0.1, 0.15) is 16.8 Å². The number of hydrogen-bond donors (Lipinski definition) is 2. The number of nitrogens with one attached hydrogen (secondary N) is 2. The van der Waals surface area contributed by atoms with Crippen molar-refractivity contribution >= 4 is 35.0 Å². The Balaban J connectivity index is 1.62. The number of thioether (sulfide) groups is 1. The van der Waals surface area contributed by atoms with Gasteiger partial charge in [-0.3, -0.25) is 9.59 Å². The Labute approximate surface area is 176 Å². The summed E-state index contributed by atoms with van der Waals surface area (Å²) in [5, 5.41) is 5.80. The van der Waals surface area contributed by atoms with Gasteiger partial charge in [-0.15, -0.1) is 0 Å². The molecule has 1 saturated heterocycles. The minimum atomic E-state index is -0.589. The van der Waals surface area contributed by atoms with Crippen LogP contribution < -0.4 is 15.5 Å². The minimum Gasteiger partial charge on any atom is -0.378 e. The van der Waals surface area contributed by atoms with Crippen LogP contribution in [-0.4, -0.2) is 56.2 Å². The van der Waals surface area contributed by atoms with E-state index in [0.717, 1.165) is 43.4 Å². The molecule has 1 aliphatic rings. The van der Waals surface area contributed by atoms with Gasteiger partial charge in [0.05, 0.1) is 13.2 Å². The van der Waals surface area contributed by atoms with Crippen molar-refractivity contribution in [2.75, 3.05) is 48.5 Å². The number of carbonyl (C=O) groups is 2. The van der Waals surface area contributed by atoms with Gasteiger partial charge in [-0.2, -0.15) is 11.8 Å². The SMILES string of the molecule is CSCCC(NC(=O)c1ccccc1)C(=O)Nc1ccc(N2CCOCC2)cc1. The summed E-state index contributed by atoms with van der Waals surface area (Å²) >= 11 is 1.65. The highest BCUT2D eigenvalue weighted by atomic mass is 32.2. The van der Waals surface area contributed by atoms with Crippen molar-refractivity contribution in [2.45, 2.75) is 12.5 Å². The van der Waals surface area contributed by atoms with E-state index in [-0.39, 0.29) is 11.8 Å². The molecule has 0 saturated carbocycles. The van der Waals surface area contributed by atoms with Gasteiger partial charge in [0.25, 0.3) is 5.91 Å². The summed E-state index contributed by atoms with van der Waals surface area (Å²) in [5.74, 6) is 0.334. The molecule has 3 rings (SSSR count). The number of hydrogen-bond acceptors (Lipinski definition) is 5. The van der Waals surface area contributed by atoms with E-state index in [1.54, 1.807) is 23.9 Å². The van der Waals surface area contributed by atoms with Crippen molar-refractivity contribution in [3.63, 3.8) is 0 Å². The van der Waals surface area contributed by atoms with Crippen LogP contribution in [0, 0.1) is 0 Å². The first-order valence-corrected chi connectivity index (χ1v) is 11.2. The van der Waals surface area contributed by atoms with Gasteiger partial charge in [-0.25, -0.2) is 0 Å². The molecule has 2 aromatic carbocycles. The van der Waals surface area contributed by atoms with Crippen molar-refractivity contribution in [1.82, 2.24) is 5.32 Å². The second kappa shape index (κ2) is 10.9. The van der Waals surface area contributed by atoms with Gasteiger partial charge in [0.15, 0.2) is 0 Å². The molecule has 2 amide bonds. The predicted molar refractivity (Wildman–Crippen MR) is 119 cm³/mol. The lowest BCUT2D eigenvalue weighted by atomic mass is 10.1. The molecule has 1 aliphatic heterocycles. The van der Waals surface area contributed by atoms with E-state index in [2.05, 4.69) is 15.5 Å². The van der Waals surface area contributed by atoms with Crippen LogP contribution in [0.15, 0.2) is 54.6 Å². The topological polar surface area (TPSA) is 70.7 Å². The van der Waals surface area contributed by atoms with E-state index in [0.29, 0.717) is 12.0 Å². The van der Waals surface area contributed by atoms with Crippen molar-refractivity contribution < 1.29 is 14.3 Å². The molecule has 29 heavy (non-hydrogen) atoms. The first-order chi connectivity index (χ1) is 14.2. The molecule has 1 unspecified atom stereocenters. The van der Waals surface area contributed by atoms with Crippen LogP contribution in [-0.2, 0) is 9.53 Å². The van der Waals surface area contributed by atoms with Gasteiger partial charge in [-0.05, 0) is 54.8 Å². The summed E-state index contributed by atoms with van der Waals surface area (Å²) < 4.78 is 5.38. The van der Waals surface area contributed by atoms with Gasteiger partial charge >= 0.3 is 0 Å². The maximum atomic E-state index is 12.8. The number of ether oxygens (including phenoxy) is 1. The summed E-state index contributed by atoms with van der Waals surface area (Å²) in [6.07, 6.45) is 2.55. The standard InChI is InChI=1S/C22H27N3O3S/c1-29-16-11-20(24-21(26)17-5-3-2-4-6-17)22(27)23-18-7-9-19(10-8-18)25-12-14-28-15-13-25/h2-10,20H,11-16H2,1H3,(H,23,27)(H,24,26). The number of amides is 2. The molecule has 0 radical (unpaired) electrons. The monoisotopic (exact) mass is 413 g/mol. The largest absolute Gasteiger partial charge is 0.378 e. The molecule has 2 aromatic rings. The third-order valence-corrected chi connectivity index (χ3v) is 5.42. The molecule has 1 atom stereocenters. The quantitative estimate of drug-likeness (QED) is 0.696. The third kappa shape index (κ3) is 6.24. The number of carbonyl (C=O) groups excluding carboxylic acids is 2. The Morgan fingerprint density at radius 2 is 1.76 bits per heavy atom. The number of benzene rings is 2. The van der Waals surface area contributed by atoms with Crippen LogP contribution in [0.5, 0.6) is 0 Å². The fraction of sp³-hybridized carbons (Fsp3) is 0.364. The van der Waals surface area contributed by atoms with E-state index in [4.69, 9.17) is 4.74 Å². The molecule has 2 N–H and O–H groups in total. The van der Waals surface area contributed by atoms with Crippen molar-refractivity contribution in [3.05, 3.63) is 60.2 Å². The lowest BCUT2D eigenvalue weighted by molar-refractivity contribution is -0.118. The van der Waals surface area contributed by atoms with E-state index in [1.165, 1.54) is 0 Å². The summed E-state index contributed by atoms with van der Waals surface area (Å²) in [4.78, 5) is 27.6. The first-order valence-electron chi connectivity index (χ1n) is 9.76. The zero-order chi connectivity index (χ0) is 20.5. The number of morpholine rings is 1. The van der Waals surface area contributed by atoms with Crippen LogP contribution in [0.2, 0.25) is 0 Å². The first kappa shape index (κ1) is 21.2. The molecule has 0 spiro atoms. The van der Waals surface area contributed by atoms with Gasteiger partial charge in [-0.1, -0.05) is 18.2 Å². The van der Waals surface area contributed by atoms with Gasteiger partial charge < -0.3 is 20.3 Å². The zero-order valence-corrected chi connectivity index (χ0v) is 17.4. The number of nitrogens with zero attached hydrogens (tertiary/aromatic N) is 1. The van der Waals surface area contributed by atoms with Gasteiger partial charge in [0.1, 0.15) is 6.04 Å². The van der Waals surface area contributed by atoms with Crippen molar-refractivity contribution in [2.24, 2.45) is 0 Å². The second-order valence-corrected chi connectivity index (χ2v) is 7.79. The molecule has 0 bridgehead atoms. The highest BCUT2D eigenvalue weighted by Gasteiger charge is 2.21. The molecule has 1 fully saturated rings. The average Bonchev–Trinajstić information content (AvgIpc) is 2.78. The van der Waals surface area contributed by atoms with E-state index in [9.17, 15) is 9.59 Å². The number of anilines is 2. The second-order valence-electron chi connectivity index (χ2n) is 6.81. The molecule has 7 heteroatoms. The zero-order valence-electron chi connectivity index (χ0n) is 16.6. The highest BCUT2D eigenvalue weighted by Crippen LogP contribution is 2.19. The highest BCUT2D eigenvalue weighted by molar-refractivity contribution is 7.98. The fourth-order valence-electron chi connectivity index (χ4n) is 3.14. The van der Waals surface area contributed by atoms with E-state index < -0.39 is 6.04 Å². The Morgan fingerprint density at radius 3 is 2.41 bits per heavy atom. The smallest absolute Gasteiger partial charge is 0.251 e. The molecular formula is C22H27N3O3S. The summed E-state index contributed by atoms with van der Waals surface area (Å²) in [6.45, 7) is 3.20. The lowest BCUT2D eigenvalue weighted by Crippen LogP contribution is -2.44. The third-order valence-electron chi connectivity index (χ3n) is 4.78. The molecule has 0 aromatic heterocycles. The van der Waals surface area contributed by atoms with E-state index in [1.807, 2.05) is 48.7 Å². The van der Waals surface area contributed by atoms with Crippen molar-refractivity contribution in [3.8, 4) is 0 Å². The van der Waals surface area contributed by atoms with Crippen LogP contribution in [0.3, 0.4) is 0 Å². The van der Waals surface area contributed by atoms with Crippen molar-refractivity contribution in [1.29, 1.82) is 0 Å². The molecular weight excluding hydrogens is 386 g/mol. The molecule has 1 heterocycles. The Kier molecular flexibility index (Phi) is 7.95. The summed E-state index contributed by atoms with van der Waals surface area (Å²) in [6, 6.07) is 16.2. The normalized spacial score (nSPS) is 14.9. The molecule has 6 nitrogen and oxygen atoms in total. The molecule has 154 valence electrons. The Hall–Kier alpha value is -2.51.